The smallest absolute Gasteiger partial charge is 0.220 e. The Morgan fingerprint density at radius 1 is 1.27 bits per heavy atom. The number of nitrogens with zero attached hydrogens (tertiary/aromatic N) is 3. The number of carbonyl (C=O) groups excluding carboxylic acids is 1. The van der Waals surface area contributed by atoms with Crippen LogP contribution >= 0.6 is 0 Å². The van der Waals surface area contributed by atoms with Crippen molar-refractivity contribution in [1.29, 1.82) is 0 Å². The SMILES string of the molecule is Cc1nn(C)c(C)c1CCC(=O)NCCS(=O)(=O)N1C[C@@H](C)O[C@H](C)C1. The second kappa shape index (κ2) is 8.49. The van der Waals surface area contributed by atoms with Gasteiger partial charge in [0.15, 0.2) is 0 Å². The molecule has 148 valence electrons. The number of hydrogen-bond donors (Lipinski definition) is 1. The van der Waals surface area contributed by atoms with E-state index in [0.29, 0.717) is 25.9 Å². The summed E-state index contributed by atoms with van der Waals surface area (Å²) in [6, 6.07) is 0. The monoisotopic (exact) mass is 386 g/mol. The first-order valence-electron chi connectivity index (χ1n) is 8.99. The van der Waals surface area contributed by atoms with Crippen LogP contribution in [0.3, 0.4) is 0 Å². The lowest BCUT2D eigenvalue weighted by Crippen LogP contribution is -2.49. The molecule has 2 atom stereocenters. The Balaban J connectivity index is 1.78. The van der Waals surface area contributed by atoms with Gasteiger partial charge in [-0.2, -0.15) is 9.40 Å². The maximum Gasteiger partial charge on any atom is 0.220 e. The molecule has 1 saturated heterocycles. The van der Waals surface area contributed by atoms with Crippen LogP contribution in [0.25, 0.3) is 0 Å². The molecule has 8 nitrogen and oxygen atoms in total. The predicted octanol–water partition coefficient (Wildman–Crippen LogP) is 0.525. The average Bonchev–Trinajstić information content (AvgIpc) is 2.77. The van der Waals surface area contributed by atoms with Crippen molar-refractivity contribution < 1.29 is 17.9 Å². The van der Waals surface area contributed by atoms with Crippen molar-refractivity contribution in [3.63, 3.8) is 0 Å². The summed E-state index contributed by atoms with van der Waals surface area (Å²) in [5.41, 5.74) is 3.05. The van der Waals surface area contributed by atoms with Gasteiger partial charge in [0.05, 0.1) is 23.7 Å². The van der Waals surface area contributed by atoms with Gasteiger partial charge in [0.2, 0.25) is 15.9 Å². The highest BCUT2D eigenvalue weighted by molar-refractivity contribution is 7.89. The molecule has 0 aliphatic carbocycles. The molecule has 1 N–H and O–H groups in total. The van der Waals surface area contributed by atoms with Crippen molar-refractivity contribution in [1.82, 2.24) is 19.4 Å². The van der Waals surface area contributed by atoms with Gasteiger partial charge in [0.1, 0.15) is 0 Å². The maximum atomic E-state index is 12.4. The zero-order valence-corrected chi connectivity index (χ0v) is 17.1. The third-order valence-corrected chi connectivity index (χ3v) is 6.53. The lowest BCUT2D eigenvalue weighted by molar-refractivity contribution is -0.120. The number of amides is 1. The number of morpholine rings is 1. The third-order valence-electron chi connectivity index (χ3n) is 4.72. The first-order valence-corrected chi connectivity index (χ1v) is 10.6. The van der Waals surface area contributed by atoms with Crippen molar-refractivity contribution in [3.8, 4) is 0 Å². The van der Waals surface area contributed by atoms with Crippen molar-refractivity contribution in [2.45, 2.75) is 52.7 Å². The molecule has 1 amide bonds. The van der Waals surface area contributed by atoms with Gasteiger partial charge >= 0.3 is 0 Å². The van der Waals surface area contributed by atoms with Crippen LogP contribution in [-0.4, -0.2) is 66.0 Å². The molecule has 1 aromatic heterocycles. The number of sulfonamides is 1. The van der Waals surface area contributed by atoms with E-state index in [2.05, 4.69) is 10.4 Å². The summed E-state index contributed by atoms with van der Waals surface area (Å²) in [6.45, 7) is 8.47. The molecular formula is C17H30N4O4S. The molecule has 0 spiro atoms. The van der Waals surface area contributed by atoms with E-state index in [-0.39, 0.29) is 30.4 Å². The number of aryl methyl sites for hydroxylation is 2. The Morgan fingerprint density at radius 3 is 2.42 bits per heavy atom. The third kappa shape index (κ3) is 5.28. The molecule has 9 heteroatoms. The van der Waals surface area contributed by atoms with E-state index in [9.17, 15) is 13.2 Å². The van der Waals surface area contributed by atoms with E-state index < -0.39 is 10.0 Å². The minimum Gasteiger partial charge on any atom is -0.373 e. The van der Waals surface area contributed by atoms with Crippen LogP contribution in [0.4, 0.5) is 0 Å². The van der Waals surface area contributed by atoms with Crippen LogP contribution in [0.1, 0.15) is 37.2 Å². The highest BCUT2D eigenvalue weighted by Gasteiger charge is 2.30. The molecule has 1 aliphatic rings. The quantitative estimate of drug-likeness (QED) is 0.738. The molecule has 1 aliphatic heterocycles. The summed E-state index contributed by atoms with van der Waals surface area (Å²) >= 11 is 0. The van der Waals surface area contributed by atoms with E-state index in [0.717, 1.165) is 17.0 Å². The zero-order chi connectivity index (χ0) is 19.5. The molecule has 0 aromatic carbocycles. The van der Waals surface area contributed by atoms with E-state index >= 15 is 0 Å². The summed E-state index contributed by atoms with van der Waals surface area (Å²) < 4.78 is 33.7. The fourth-order valence-electron chi connectivity index (χ4n) is 3.31. The zero-order valence-electron chi connectivity index (χ0n) is 16.3. The Hall–Kier alpha value is -1.45. The van der Waals surface area contributed by atoms with E-state index in [1.165, 1.54) is 4.31 Å². The Morgan fingerprint density at radius 2 is 1.88 bits per heavy atom. The van der Waals surface area contributed by atoms with Gasteiger partial charge in [0, 0.05) is 38.8 Å². The van der Waals surface area contributed by atoms with Crippen molar-refractivity contribution in [2.75, 3.05) is 25.4 Å². The topological polar surface area (TPSA) is 93.5 Å². The van der Waals surface area contributed by atoms with Gasteiger partial charge in [-0.25, -0.2) is 8.42 Å². The Bertz CT molecular complexity index is 734. The molecular weight excluding hydrogens is 356 g/mol. The molecule has 1 fully saturated rings. The fourth-order valence-corrected chi connectivity index (χ4v) is 4.80. The van der Waals surface area contributed by atoms with Crippen LogP contribution in [0, 0.1) is 13.8 Å². The Labute approximate surface area is 155 Å². The summed E-state index contributed by atoms with van der Waals surface area (Å²) in [5, 5.41) is 7.05. The van der Waals surface area contributed by atoms with Gasteiger partial charge in [0.25, 0.3) is 0 Å². The lowest BCUT2D eigenvalue weighted by Gasteiger charge is -2.34. The van der Waals surface area contributed by atoms with Crippen LogP contribution in [0.15, 0.2) is 0 Å². The van der Waals surface area contributed by atoms with Crippen LogP contribution in [0.5, 0.6) is 0 Å². The van der Waals surface area contributed by atoms with Gasteiger partial charge < -0.3 is 10.1 Å². The van der Waals surface area contributed by atoms with E-state index in [1.54, 1.807) is 4.68 Å². The molecule has 2 rings (SSSR count). The first kappa shape index (κ1) is 20.9. The number of ether oxygens (including phenoxy) is 1. The second-order valence-corrected chi connectivity index (χ2v) is 9.10. The maximum absolute atomic E-state index is 12.4. The molecule has 26 heavy (non-hydrogen) atoms. The average molecular weight is 387 g/mol. The van der Waals surface area contributed by atoms with Crippen molar-refractivity contribution in [2.24, 2.45) is 7.05 Å². The summed E-state index contributed by atoms with van der Waals surface area (Å²) in [7, 11) is -1.52. The fraction of sp³-hybridized carbons (Fsp3) is 0.765. The highest BCUT2D eigenvalue weighted by Crippen LogP contribution is 2.15. The van der Waals surface area contributed by atoms with Crippen LogP contribution in [0.2, 0.25) is 0 Å². The number of rotatable bonds is 7. The molecule has 0 saturated carbocycles. The van der Waals surface area contributed by atoms with E-state index in [4.69, 9.17) is 4.74 Å². The number of nitrogens with one attached hydrogen (secondary N) is 1. The lowest BCUT2D eigenvalue weighted by atomic mass is 10.1. The molecule has 0 bridgehead atoms. The van der Waals surface area contributed by atoms with Gasteiger partial charge in [-0.3, -0.25) is 9.48 Å². The molecule has 2 heterocycles. The standard InChI is InChI=1S/C17H30N4O4S/c1-12-10-21(11-13(2)25-12)26(23,24)9-8-18-17(22)7-6-16-14(3)19-20(5)15(16)4/h12-13H,6-11H2,1-5H3,(H,18,22)/t12-,13-/m1/s1. The second-order valence-electron chi connectivity index (χ2n) is 7.01. The first-order chi connectivity index (χ1) is 12.1. The number of aromatic nitrogens is 2. The predicted molar refractivity (Wildman–Crippen MR) is 99.4 cm³/mol. The summed E-state index contributed by atoms with van der Waals surface area (Å²) in [5.74, 6) is -0.241. The number of hydrogen-bond acceptors (Lipinski definition) is 5. The van der Waals surface area contributed by atoms with Crippen LogP contribution < -0.4 is 5.32 Å². The minimum atomic E-state index is -3.40. The largest absolute Gasteiger partial charge is 0.373 e. The van der Waals surface area contributed by atoms with Crippen LogP contribution in [-0.2, 0) is 33.0 Å². The number of carbonyl (C=O) groups is 1. The normalized spacial score (nSPS) is 21.7. The van der Waals surface area contributed by atoms with Gasteiger partial charge in [-0.05, 0) is 39.7 Å². The van der Waals surface area contributed by atoms with E-state index in [1.807, 2.05) is 34.7 Å². The Kier molecular flexibility index (Phi) is 6.81. The molecule has 1 aromatic rings. The highest BCUT2D eigenvalue weighted by atomic mass is 32.2. The van der Waals surface area contributed by atoms with Gasteiger partial charge in [-0.1, -0.05) is 0 Å². The van der Waals surface area contributed by atoms with Crippen molar-refractivity contribution in [3.05, 3.63) is 17.0 Å². The van der Waals surface area contributed by atoms with Gasteiger partial charge in [-0.15, -0.1) is 0 Å². The van der Waals surface area contributed by atoms with Crippen molar-refractivity contribution >= 4 is 15.9 Å². The summed E-state index contributed by atoms with van der Waals surface area (Å²) in [6.07, 6.45) is 0.685. The minimum absolute atomic E-state index is 0.0941. The summed E-state index contributed by atoms with van der Waals surface area (Å²) in [4.78, 5) is 12.0. The molecule has 0 unspecified atom stereocenters. The molecule has 0 radical (unpaired) electrons.